The Hall–Kier alpha value is -4.12. The van der Waals surface area contributed by atoms with Gasteiger partial charge in [-0.25, -0.2) is 4.79 Å². The van der Waals surface area contributed by atoms with Crippen molar-refractivity contribution < 1.29 is 24.2 Å². The number of nitro groups is 2. The average molecular weight is 441 g/mol. The van der Waals surface area contributed by atoms with E-state index in [1.807, 2.05) is 0 Å². The van der Waals surface area contributed by atoms with Crippen molar-refractivity contribution in [2.45, 2.75) is 6.92 Å². The summed E-state index contributed by atoms with van der Waals surface area (Å²) in [5, 5.41) is 26.1. The molecule has 3 aromatic rings. The lowest BCUT2D eigenvalue weighted by atomic mass is 10.0. The molecule has 0 fully saturated rings. The predicted molar refractivity (Wildman–Crippen MR) is 113 cm³/mol. The Bertz CT molecular complexity index is 1150. The molecule has 0 spiro atoms. The van der Waals surface area contributed by atoms with Crippen LogP contribution in [0, 0.1) is 20.2 Å². The maximum atomic E-state index is 12.6. The summed E-state index contributed by atoms with van der Waals surface area (Å²) in [6.45, 7) is 1.76. The first-order valence-electron chi connectivity index (χ1n) is 8.91. The van der Waals surface area contributed by atoms with Crippen molar-refractivity contribution in [3.05, 3.63) is 85.3 Å². The Kier molecular flexibility index (Phi) is 6.36. The number of nitro benzene ring substituents is 2. The fraction of sp³-hybridized carbons (Fsp3) is 0.100. The number of anilines is 1. The third-order valence-electron chi connectivity index (χ3n) is 4.23. The molecule has 0 radical (unpaired) electrons. The predicted octanol–water partition coefficient (Wildman–Crippen LogP) is 4.66. The molecule has 1 amide bonds. The number of esters is 1. The number of thiophene rings is 1. The monoisotopic (exact) mass is 441 g/mol. The standard InChI is InChI=1S/C20H15N3O7S/c1-2-30-20(25)17-16(12-3-7-14(8-4-12)22(26)27)11-31-19(17)21-18(24)13-5-9-15(10-6-13)23(28)29/h3-11H,2H2,1H3,(H,21,24). The molecule has 1 heterocycles. The van der Waals surface area contributed by atoms with Gasteiger partial charge in [0.2, 0.25) is 0 Å². The number of carbonyl (C=O) groups is 2. The molecule has 3 rings (SSSR count). The minimum Gasteiger partial charge on any atom is -0.462 e. The van der Waals surface area contributed by atoms with Crippen LogP contribution in [-0.4, -0.2) is 28.3 Å². The van der Waals surface area contributed by atoms with Gasteiger partial charge >= 0.3 is 5.97 Å². The zero-order valence-corrected chi connectivity index (χ0v) is 16.9. The van der Waals surface area contributed by atoms with E-state index in [9.17, 15) is 29.8 Å². The Balaban J connectivity index is 1.94. The van der Waals surface area contributed by atoms with Gasteiger partial charge in [0.05, 0.1) is 16.5 Å². The number of ether oxygens (including phenoxy) is 1. The van der Waals surface area contributed by atoms with Gasteiger partial charge in [-0.3, -0.25) is 25.0 Å². The smallest absolute Gasteiger partial charge is 0.341 e. The van der Waals surface area contributed by atoms with Crippen LogP contribution >= 0.6 is 11.3 Å². The summed E-state index contributed by atoms with van der Waals surface area (Å²) in [6.07, 6.45) is 0. The van der Waals surface area contributed by atoms with Crippen molar-refractivity contribution in [1.82, 2.24) is 0 Å². The van der Waals surface area contributed by atoms with Gasteiger partial charge in [0, 0.05) is 40.8 Å². The van der Waals surface area contributed by atoms with E-state index in [1.54, 1.807) is 12.3 Å². The van der Waals surface area contributed by atoms with Crippen LogP contribution in [0.4, 0.5) is 16.4 Å². The number of nitrogens with zero attached hydrogens (tertiary/aromatic N) is 2. The average Bonchev–Trinajstić information content (AvgIpc) is 3.17. The molecule has 0 unspecified atom stereocenters. The molecular formula is C20H15N3O7S. The Morgan fingerprint density at radius 1 is 0.968 bits per heavy atom. The molecule has 1 N–H and O–H groups in total. The van der Waals surface area contributed by atoms with Crippen molar-refractivity contribution in [1.29, 1.82) is 0 Å². The molecule has 0 bridgehead atoms. The summed E-state index contributed by atoms with van der Waals surface area (Å²) in [7, 11) is 0. The number of amides is 1. The summed E-state index contributed by atoms with van der Waals surface area (Å²) >= 11 is 1.09. The number of hydrogen-bond donors (Lipinski definition) is 1. The van der Waals surface area contributed by atoms with Crippen molar-refractivity contribution in [3.63, 3.8) is 0 Å². The second-order valence-corrected chi connectivity index (χ2v) is 7.02. The van der Waals surface area contributed by atoms with Crippen LogP contribution in [0.2, 0.25) is 0 Å². The molecule has 0 aliphatic rings. The number of hydrogen-bond acceptors (Lipinski definition) is 8. The fourth-order valence-electron chi connectivity index (χ4n) is 2.74. The largest absolute Gasteiger partial charge is 0.462 e. The highest BCUT2D eigenvalue weighted by atomic mass is 32.1. The van der Waals surface area contributed by atoms with E-state index < -0.39 is 21.7 Å². The van der Waals surface area contributed by atoms with E-state index in [0.717, 1.165) is 11.3 Å². The first-order valence-corrected chi connectivity index (χ1v) is 9.79. The molecule has 0 saturated heterocycles. The Morgan fingerprint density at radius 3 is 2.03 bits per heavy atom. The lowest BCUT2D eigenvalue weighted by molar-refractivity contribution is -0.385. The molecule has 11 heteroatoms. The van der Waals surface area contributed by atoms with E-state index >= 15 is 0 Å². The number of rotatable bonds is 7. The van der Waals surface area contributed by atoms with Crippen LogP contribution in [0.1, 0.15) is 27.6 Å². The van der Waals surface area contributed by atoms with Crippen LogP contribution in [0.3, 0.4) is 0 Å². The van der Waals surface area contributed by atoms with Gasteiger partial charge in [0.25, 0.3) is 17.3 Å². The number of carbonyl (C=O) groups excluding carboxylic acids is 2. The topological polar surface area (TPSA) is 142 Å². The molecular weight excluding hydrogens is 426 g/mol. The molecule has 10 nitrogen and oxygen atoms in total. The number of non-ortho nitro benzene ring substituents is 2. The fourth-order valence-corrected chi connectivity index (χ4v) is 3.69. The maximum absolute atomic E-state index is 12.6. The third kappa shape index (κ3) is 4.73. The van der Waals surface area contributed by atoms with Crippen LogP contribution < -0.4 is 5.32 Å². The van der Waals surface area contributed by atoms with E-state index in [4.69, 9.17) is 4.74 Å². The maximum Gasteiger partial charge on any atom is 0.341 e. The zero-order chi connectivity index (χ0) is 22.5. The van der Waals surface area contributed by atoms with Gasteiger partial charge < -0.3 is 10.1 Å². The summed E-state index contributed by atoms with van der Waals surface area (Å²) in [5.41, 5.74) is 1.04. The summed E-state index contributed by atoms with van der Waals surface area (Å²) in [6, 6.07) is 10.7. The molecule has 2 aromatic carbocycles. The number of nitrogens with one attached hydrogen (secondary N) is 1. The van der Waals surface area contributed by atoms with E-state index in [1.165, 1.54) is 48.5 Å². The Morgan fingerprint density at radius 2 is 1.52 bits per heavy atom. The highest BCUT2D eigenvalue weighted by Gasteiger charge is 2.23. The SMILES string of the molecule is CCOC(=O)c1c(-c2ccc([N+](=O)[O-])cc2)csc1NC(=O)c1ccc([N+](=O)[O-])cc1. The normalized spacial score (nSPS) is 10.4. The molecule has 1 aromatic heterocycles. The minimum atomic E-state index is -0.656. The summed E-state index contributed by atoms with van der Waals surface area (Å²) in [4.78, 5) is 45.7. The van der Waals surface area contributed by atoms with Crippen molar-refractivity contribution >= 4 is 39.6 Å². The molecule has 158 valence electrons. The van der Waals surface area contributed by atoms with E-state index in [-0.39, 0.29) is 34.1 Å². The second kappa shape index (κ2) is 9.13. The van der Waals surface area contributed by atoms with Crippen LogP contribution in [-0.2, 0) is 4.74 Å². The quantitative estimate of drug-likeness (QED) is 0.319. The van der Waals surface area contributed by atoms with Gasteiger partial charge in [-0.2, -0.15) is 0 Å². The highest BCUT2D eigenvalue weighted by molar-refractivity contribution is 7.15. The van der Waals surface area contributed by atoms with Crippen LogP contribution in [0.25, 0.3) is 11.1 Å². The first-order chi connectivity index (χ1) is 14.8. The molecule has 31 heavy (non-hydrogen) atoms. The van der Waals surface area contributed by atoms with Crippen LogP contribution in [0.15, 0.2) is 53.9 Å². The summed E-state index contributed by atoms with van der Waals surface area (Å²) in [5.74, 6) is -1.21. The molecule has 0 aliphatic heterocycles. The van der Waals surface area contributed by atoms with Crippen LogP contribution in [0.5, 0.6) is 0 Å². The molecule has 0 atom stereocenters. The summed E-state index contributed by atoms with van der Waals surface area (Å²) < 4.78 is 5.11. The Labute approximate surface area is 179 Å². The lowest BCUT2D eigenvalue weighted by Crippen LogP contribution is -2.14. The third-order valence-corrected chi connectivity index (χ3v) is 5.12. The van der Waals surface area contributed by atoms with Gasteiger partial charge in [0.15, 0.2) is 0 Å². The second-order valence-electron chi connectivity index (χ2n) is 6.14. The highest BCUT2D eigenvalue weighted by Crippen LogP contribution is 2.37. The van der Waals surface area contributed by atoms with Crippen molar-refractivity contribution in [2.24, 2.45) is 0 Å². The minimum absolute atomic E-state index is 0.0941. The van der Waals surface area contributed by atoms with Gasteiger partial charge in [-0.1, -0.05) is 0 Å². The molecule has 0 aliphatic carbocycles. The van der Waals surface area contributed by atoms with Gasteiger partial charge in [-0.05, 0) is 36.8 Å². The first kappa shape index (κ1) is 21.6. The number of benzene rings is 2. The lowest BCUT2D eigenvalue weighted by Gasteiger charge is -2.09. The van der Waals surface area contributed by atoms with Gasteiger partial charge in [0.1, 0.15) is 10.6 Å². The van der Waals surface area contributed by atoms with E-state index in [0.29, 0.717) is 11.1 Å². The van der Waals surface area contributed by atoms with Crippen molar-refractivity contribution in [2.75, 3.05) is 11.9 Å². The van der Waals surface area contributed by atoms with E-state index in [2.05, 4.69) is 5.32 Å². The van der Waals surface area contributed by atoms with Gasteiger partial charge in [-0.15, -0.1) is 11.3 Å². The molecule has 0 saturated carbocycles. The zero-order valence-electron chi connectivity index (χ0n) is 16.1. The van der Waals surface area contributed by atoms with Crippen molar-refractivity contribution in [3.8, 4) is 11.1 Å².